The summed E-state index contributed by atoms with van der Waals surface area (Å²) < 4.78 is 12.8. The lowest BCUT2D eigenvalue weighted by Gasteiger charge is -2.35. The maximum Gasteiger partial charge on any atom is 0.178 e. The van der Waals surface area contributed by atoms with Gasteiger partial charge in [-0.1, -0.05) is 6.07 Å². The molecule has 1 aromatic heterocycles. The van der Waals surface area contributed by atoms with Crippen molar-refractivity contribution in [3.63, 3.8) is 0 Å². The molecule has 1 saturated heterocycles. The highest BCUT2D eigenvalue weighted by atomic mass is 16.5. The van der Waals surface area contributed by atoms with Crippen LogP contribution in [-0.4, -0.2) is 68.8 Å². The number of methoxy groups -OCH3 is 2. The smallest absolute Gasteiger partial charge is 0.178 e. The number of nitrogens with zero attached hydrogens (tertiary/aromatic N) is 3. The molecule has 0 bridgehead atoms. The predicted molar refractivity (Wildman–Crippen MR) is 116 cm³/mol. The van der Waals surface area contributed by atoms with Crippen molar-refractivity contribution in [2.75, 3.05) is 58.5 Å². The van der Waals surface area contributed by atoms with Crippen molar-refractivity contribution >= 4 is 11.5 Å². The number of ketones is 1. The van der Waals surface area contributed by atoms with Crippen LogP contribution in [0.1, 0.15) is 34.7 Å². The van der Waals surface area contributed by atoms with Crippen molar-refractivity contribution in [3.05, 3.63) is 47.3 Å². The quantitative estimate of drug-likeness (QED) is 0.637. The SMILES string of the molecule is COC[C@@H](C)n1c(C)cc(C(=O)CN2CCN(c3cccc(OC)c3)CC2)c1C. The molecular weight excluding hydrogens is 366 g/mol. The largest absolute Gasteiger partial charge is 0.497 e. The van der Waals surface area contributed by atoms with Crippen LogP contribution in [-0.2, 0) is 4.74 Å². The standard InChI is InChI=1S/C23H33N3O3/c1-17-13-22(19(3)26(17)18(2)16-28-4)23(27)15-24-9-11-25(12-10-24)20-7-6-8-21(14-20)29-5/h6-8,13-14,18H,9-12,15-16H2,1-5H3/t18-/m1/s1. The third-order valence-corrected chi connectivity index (χ3v) is 5.79. The van der Waals surface area contributed by atoms with Gasteiger partial charge in [-0.3, -0.25) is 9.69 Å². The van der Waals surface area contributed by atoms with Crippen molar-refractivity contribution in [2.45, 2.75) is 26.8 Å². The Kier molecular flexibility index (Phi) is 6.98. The monoisotopic (exact) mass is 399 g/mol. The predicted octanol–water partition coefficient (Wildman–Crippen LogP) is 3.33. The van der Waals surface area contributed by atoms with E-state index in [-0.39, 0.29) is 11.8 Å². The Morgan fingerprint density at radius 2 is 1.83 bits per heavy atom. The Balaban J connectivity index is 1.61. The number of carbonyl (C=O) groups is 1. The molecule has 1 aromatic carbocycles. The van der Waals surface area contributed by atoms with E-state index in [1.807, 2.05) is 25.1 Å². The van der Waals surface area contributed by atoms with Gasteiger partial charge in [0.15, 0.2) is 5.78 Å². The number of piperazine rings is 1. The molecule has 2 aromatic rings. The second-order valence-corrected chi connectivity index (χ2v) is 7.85. The van der Waals surface area contributed by atoms with Crippen LogP contribution in [0, 0.1) is 13.8 Å². The summed E-state index contributed by atoms with van der Waals surface area (Å²) in [4.78, 5) is 17.6. The number of aryl methyl sites for hydroxylation is 1. The third-order valence-electron chi connectivity index (χ3n) is 5.79. The molecule has 1 atom stereocenters. The van der Waals surface area contributed by atoms with Gasteiger partial charge in [-0.25, -0.2) is 0 Å². The van der Waals surface area contributed by atoms with E-state index in [2.05, 4.69) is 40.3 Å². The van der Waals surface area contributed by atoms with Crippen molar-refractivity contribution < 1.29 is 14.3 Å². The molecule has 158 valence electrons. The number of benzene rings is 1. The number of aromatic nitrogens is 1. The van der Waals surface area contributed by atoms with E-state index in [0.717, 1.165) is 48.9 Å². The first-order valence-corrected chi connectivity index (χ1v) is 10.3. The van der Waals surface area contributed by atoms with E-state index in [9.17, 15) is 4.79 Å². The van der Waals surface area contributed by atoms with Crippen molar-refractivity contribution in [3.8, 4) is 5.75 Å². The highest BCUT2D eigenvalue weighted by molar-refractivity contribution is 5.99. The van der Waals surface area contributed by atoms with E-state index < -0.39 is 0 Å². The van der Waals surface area contributed by atoms with Gasteiger partial charge >= 0.3 is 0 Å². The van der Waals surface area contributed by atoms with Crippen LogP contribution in [0.3, 0.4) is 0 Å². The summed E-state index contributed by atoms with van der Waals surface area (Å²) in [5, 5.41) is 0. The van der Waals surface area contributed by atoms with Gasteiger partial charge < -0.3 is 18.9 Å². The van der Waals surface area contributed by atoms with E-state index >= 15 is 0 Å². The van der Waals surface area contributed by atoms with Gasteiger partial charge in [-0.05, 0) is 39.0 Å². The third kappa shape index (κ3) is 4.82. The fourth-order valence-electron chi connectivity index (χ4n) is 4.31. The highest BCUT2D eigenvalue weighted by Crippen LogP contribution is 2.23. The van der Waals surface area contributed by atoms with Crippen LogP contribution >= 0.6 is 0 Å². The minimum Gasteiger partial charge on any atom is -0.497 e. The summed E-state index contributed by atoms with van der Waals surface area (Å²) in [6.45, 7) is 10.9. The maximum atomic E-state index is 13.0. The van der Waals surface area contributed by atoms with Gasteiger partial charge in [0.05, 0.1) is 26.3 Å². The van der Waals surface area contributed by atoms with Crippen molar-refractivity contribution in [1.82, 2.24) is 9.47 Å². The first kappa shape index (κ1) is 21.4. The molecule has 6 heteroatoms. The summed E-state index contributed by atoms with van der Waals surface area (Å²) in [6, 6.07) is 10.4. The summed E-state index contributed by atoms with van der Waals surface area (Å²) in [6.07, 6.45) is 0. The molecule has 6 nitrogen and oxygen atoms in total. The van der Waals surface area contributed by atoms with Crippen LogP contribution in [0.25, 0.3) is 0 Å². The number of hydrogen-bond donors (Lipinski definition) is 0. The van der Waals surface area contributed by atoms with E-state index in [0.29, 0.717) is 13.2 Å². The molecule has 1 fully saturated rings. The molecule has 0 unspecified atom stereocenters. The molecule has 0 spiro atoms. The van der Waals surface area contributed by atoms with Crippen LogP contribution < -0.4 is 9.64 Å². The lowest BCUT2D eigenvalue weighted by Crippen LogP contribution is -2.48. The average Bonchev–Trinajstić information content (AvgIpc) is 3.03. The van der Waals surface area contributed by atoms with Crippen LogP contribution in [0.2, 0.25) is 0 Å². The Morgan fingerprint density at radius 3 is 2.48 bits per heavy atom. The van der Waals surface area contributed by atoms with Crippen molar-refractivity contribution in [2.24, 2.45) is 0 Å². The highest BCUT2D eigenvalue weighted by Gasteiger charge is 2.23. The normalized spacial score (nSPS) is 16.1. The molecule has 0 radical (unpaired) electrons. The molecule has 1 aliphatic heterocycles. The molecule has 2 heterocycles. The zero-order valence-corrected chi connectivity index (χ0v) is 18.3. The Labute approximate surface area is 174 Å². The number of ether oxygens (including phenoxy) is 2. The molecule has 0 N–H and O–H groups in total. The number of Topliss-reactive ketones (excluding diaryl/α,β-unsaturated/α-hetero) is 1. The molecular formula is C23H33N3O3. The topological polar surface area (TPSA) is 46.9 Å². The molecule has 0 saturated carbocycles. The van der Waals surface area contributed by atoms with Gasteiger partial charge in [-0.2, -0.15) is 0 Å². The van der Waals surface area contributed by atoms with Crippen LogP contribution in [0.5, 0.6) is 5.75 Å². The lowest BCUT2D eigenvalue weighted by atomic mass is 10.1. The van der Waals surface area contributed by atoms with Gasteiger partial charge in [0.25, 0.3) is 0 Å². The maximum absolute atomic E-state index is 13.0. The van der Waals surface area contributed by atoms with Crippen LogP contribution in [0.4, 0.5) is 5.69 Å². The summed E-state index contributed by atoms with van der Waals surface area (Å²) in [7, 11) is 3.40. The minimum absolute atomic E-state index is 0.198. The second-order valence-electron chi connectivity index (χ2n) is 7.85. The molecule has 3 rings (SSSR count). The molecule has 1 aliphatic rings. The average molecular weight is 400 g/mol. The zero-order valence-electron chi connectivity index (χ0n) is 18.3. The number of rotatable bonds is 8. The van der Waals surface area contributed by atoms with Crippen molar-refractivity contribution in [1.29, 1.82) is 0 Å². The summed E-state index contributed by atoms with van der Waals surface area (Å²) in [5.74, 6) is 1.07. The zero-order chi connectivity index (χ0) is 21.0. The lowest BCUT2D eigenvalue weighted by molar-refractivity contribution is 0.0925. The minimum atomic E-state index is 0.198. The number of hydrogen-bond acceptors (Lipinski definition) is 5. The first-order chi connectivity index (χ1) is 13.9. The van der Waals surface area contributed by atoms with Gasteiger partial charge in [-0.15, -0.1) is 0 Å². The summed E-state index contributed by atoms with van der Waals surface area (Å²) >= 11 is 0. The second kappa shape index (κ2) is 9.46. The van der Waals surface area contributed by atoms with E-state index in [4.69, 9.17) is 9.47 Å². The first-order valence-electron chi connectivity index (χ1n) is 10.3. The Morgan fingerprint density at radius 1 is 1.10 bits per heavy atom. The molecule has 0 aliphatic carbocycles. The fraction of sp³-hybridized carbons (Fsp3) is 0.522. The molecule has 29 heavy (non-hydrogen) atoms. The Bertz CT molecular complexity index is 838. The number of anilines is 1. The van der Waals surface area contributed by atoms with Crippen LogP contribution in [0.15, 0.2) is 30.3 Å². The van der Waals surface area contributed by atoms with E-state index in [1.165, 1.54) is 5.69 Å². The Hall–Kier alpha value is -2.31. The fourth-order valence-corrected chi connectivity index (χ4v) is 4.31. The van der Waals surface area contributed by atoms with Gasteiger partial charge in [0.2, 0.25) is 0 Å². The van der Waals surface area contributed by atoms with E-state index in [1.54, 1.807) is 14.2 Å². The van der Waals surface area contributed by atoms with Gasteiger partial charge in [0.1, 0.15) is 5.75 Å². The number of carbonyl (C=O) groups excluding carboxylic acids is 1. The summed E-state index contributed by atoms with van der Waals surface area (Å²) in [5.41, 5.74) is 4.15. The molecule has 0 amide bonds. The van der Waals surface area contributed by atoms with Gasteiger partial charge in [0, 0.05) is 62.0 Å².